The molecule has 0 fully saturated rings. The SMILES string of the molecule is CC(N)C(O)C(=O)N(C)N(C)C. The Hall–Kier alpha value is -0.650. The van der Waals surface area contributed by atoms with Gasteiger partial charge in [-0.2, -0.15) is 0 Å². The normalized spacial score (nSPS) is 15.9. The highest BCUT2D eigenvalue weighted by atomic mass is 16.3. The van der Waals surface area contributed by atoms with Crippen LogP contribution in [-0.2, 0) is 4.79 Å². The third-order valence-corrected chi connectivity index (χ3v) is 1.67. The fourth-order valence-corrected chi connectivity index (χ4v) is 0.613. The van der Waals surface area contributed by atoms with Crippen LogP contribution in [0.2, 0.25) is 0 Å². The highest BCUT2D eigenvalue weighted by Crippen LogP contribution is 1.96. The summed E-state index contributed by atoms with van der Waals surface area (Å²) in [6.07, 6.45) is -1.13. The highest BCUT2D eigenvalue weighted by Gasteiger charge is 2.23. The Labute approximate surface area is 72.7 Å². The molecule has 0 rings (SSSR count). The van der Waals surface area contributed by atoms with Gasteiger partial charge in [0.25, 0.3) is 5.91 Å². The predicted molar refractivity (Wildman–Crippen MR) is 46.1 cm³/mol. The number of carbonyl (C=O) groups is 1. The summed E-state index contributed by atoms with van der Waals surface area (Å²) in [5.74, 6) is -0.394. The number of hydrogen-bond acceptors (Lipinski definition) is 4. The van der Waals surface area contributed by atoms with Crippen molar-refractivity contribution in [3.05, 3.63) is 0 Å². The molecule has 1 amide bonds. The molecule has 12 heavy (non-hydrogen) atoms. The number of likely N-dealkylation sites (N-methyl/N-ethyl adjacent to an activating group) is 1. The van der Waals surface area contributed by atoms with Gasteiger partial charge in [-0.05, 0) is 6.92 Å². The molecule has 0 aromatic carbocycles. The van der Waals surface area contributed by atoms with Crippen LogP contribution in [0, 0.1) is 0 Å². The van der Waals surface area contributed by atoms with Gasteiger partial charge in [0.15, 0.2) is 0 Å². The maximum atomic E-state index is 11.3. The molecule has 0 heterocycles. The van der Waals surface area contributed by atoms with E-state index in [-0.39, 0.29) is 0 Å². The Morgan fingerprint density at radius 2 is 1.83 bits per heavy atom. The van der Waals surface area contributed by atoms with E-state index in [1.807, 2.05) is 0 Å². The zero-order valence-corrected chi connectivity index (χ0v) is 7.98. The van der Waals surface area contributed by atoms with Gasteiger partial charge in [0.1, 0.15) is 6.10 Å². The molecule has 5 heteroatoms. The van der Waals surface area contributed by atoms with Crippen LogP contribution in [0.5, 0.6) is 0 Å². The summed E-state index contributed by atoms with van der Waals surface area (Å²) in [4.78, 5) is 11.3. The molecule has 0 saturated heterocycles. The van der Waals surface area contributed by atoms with Crippen molar-refractivity contribution in [2.24, 2.45) is 5.73 Å². The lowest BCUT2D eigenvalue weighted by Gasteiger charge is -2.27. The van der Waals surface area contributed by atoms with Crippen molar-refractivity contribution < 1.29 is 9.90 Å². The molecule has 0 aliphatic rings. The third-order valence-electron chi connectivity index (χ3n) is 1.67. The lowest BCUT2D eigenvalue weighted by atomic mass is 10.2. The van der Waals surface area contributed by atoms with E-state index in [2.05, 4.69) is 0 Å². The van der Waals surface area contributed by atoms with Gasteiger partial charge >= 0.3 is 0 Å². The molecule has 0 saturated carbocycles. The van der Waals surface area contributed by atoms with E-state index in [0.29, 0.717) is 0 Å². The minimum Gasteiger partial charge on any atom is -0.382 e. The quantitative estimate of drug-likeness (QED) is 0.519. The predicted octanol–water partition coefficient (Wildman–Crippen LogP) is -1.37. The number of aliphatic hydroxyl groups excluding tert-OH is 1. The average Bonchev–Trinajstić information content (AvgIpc) is 2.00. The second kappa shape index (κ2) is 4.39. The molecule has 3 N–H and O–H groups in total. The minimum absolute atomic E-state index is 0.394. The van der Waals surface area contributed by atoms with Crippen LogP contribution < -0.4 is 5.73 Å². The monoisotopic (exact) mass is 175 g/mol. The molecular formula is C7H17N3O2. The number of carbonyl (C=O) groups excluding carboxylic acids is 1. The lowest BCUT2D eigenvalue weighted by Crippen LogP contribution is -2.49. The van der Waals surface area contributed by atoms with Crippen molar-refractivity contribution in [3.63, 3.8) is 0 Å². The van der Waals surface area contributed by atoms with E-state index >= 15 is 0 Å². The van der Waals surface area contributed by atoms with Crippen LogP contribution in [0.25, 0.3) is 0 Å². The Kier molecular flexibility index (Phi) is 4.16. The van der Waals surface area contributed by atoms with Gasteiger partial charge in [-0.25, -0.2) is 5.01 Å². The number of hydrogen-bond donors (Lipinski definition) is 2. The molecular weight excluding hydrogens is 158 g/mol. The summed E-state index contributed by atoms with van der Waals surface area (Å²) in [6, 6.07) is -0.542. The van der Waals surface area contributed by atoms with Gasteiger partial charge < -0.3 is 10.8 Å². The van der Waals surface area contributed by atoms with E-state index < -0.39 is 18.1 Å². The molecule has 0 aromatic rings. The zero-order valence-electron chi connectivity index (χ0n) is 7.98. The second-order valence-corrected chi connectivity index (χ2v) is 3.01. The Morgan fingerprint density at radius 1 is 1.42 bits per heavy atom. The van der Waals surface area contributed by atoms with E-state index in [0.717, 1.165) is 0 Å². The van der Waals surface area contributed by atoms with Crippen molar-refractivity contribution in [1.82, 2.24) is 10.0 Å². The number of nitrogens with zero attached hydrogens (tertiary/aromatic N) is 2. The Bertz CT molecular complexity index is 143. The average molecular weight is 175 g/mol. The topological polar surface area (TPSA) is 69.8 Å². The molecule has 0 spiro atoms. The van der Waals surface area contributed by atoms with Crippen LogP contribution in [-0.4, -0.2) is 54.3 Å². The largest absolute Gasteiger partial charge is 0.382 e. The molecule has 0 bridgehead atoms. The molecule has 5 nitrogen and oxygen atoms in total. The van der Waals surface area contributed by atoms with Gasteiger partial charge in [-0.1, -0.05) is 0 Å². The van der Waals surface area contributed by atoms with E-state index in [1.165, 1.54) is 5.01 Å². The minimum atomic E-state index is -1.13. The summed E-state index contributed by atoms with van der Waals surface area (Å²) in [7, 11) is 5.01. The molecule has 2 atom stereocenters. The summed E-state index contributed by atoms with van der Waals surface area (Å²) < 4.78 is 0. The second-order valence-electron chi connectivity index (χ2n) is 3.01. The van der Waals surface area contributed by atoms with E-state index in [1.54, 1.807) is 33.1 Å². The van der Waals surface area contributed by atoms with Crippen LogP contribution in [0.4, 0.5) is 0 Å². The smallest absolute Gasteiger partial charge is 0.267 e. The maximum Gasteiger partial charge on any atom is 0.267 e. The van der Waals surface area contributed by atoms with Crippen molar-refractivity contribution in [3.8, 4) is 0 Å². The first-order chi connectivity index (χ1) is 5.37. The van der Waals surface area contributed by atoms with Crippen LogP contribution in [0.3, 0.4) is 0 Å². The number of hydrazine groups is 1. The third kappa shape index (κ3) is 2.77. The van der Waals surface area contributed by atoms with Gasteiger partial charge in [0.05, 0.1) is 0 Å². The summed E-state index contributed by atoms with van der Waals surface area (Å²) in [5, 5.41) is 12.2. The van der Waals surface area contributed by atoms with Gasteiger partial charge in [-0.3, -0.25) is 9.80 Å². The van der Waals surface area contributed by atoms with Crippen molar-refractivity contribution >= 4 is 5.91 Å². The van der Waals surface area contributed by atoms with Crippen LogP contribution in [0.15, 0.2) is 0 Å². The van der Waals surface area contributed by atoms with Crippen LogP contribution >= 0.6 is 0 Å². The molecule has 0 aromatic heterocycles. The maximum absolute atomic E-state index is 11.3. The number of rotatable bonds is 3. The summed E-state index contributed by atoms with van der Waals surface area (Å²) in [5.41, 5.74) is 5.36. The standard InChI is InChI=1S/C7H17N3O2/c1-5(8)6(11)7(12)10(4)9(2)3/h5-6,11H,8H2,1-4H3. The zero-order chi connectivity index (χ0) is 9.89. The number of aliphatic hydroxyl groups is 1. The van der Waals surface area contributed by atoms with Crippen LogP contribution in [0.1, 0.15) is 6.92 Å². The molecule has 0 aliphatic carbocycles. The van der Waals surface area contributed by atoms with Gasteiger partial charge in [-0.15, -0.1) is 0 Å². The summed E-state index contributed by atoms with van der Waals surface area (Å²) >= 11 is 0. The van der Waals surface area contributed by atoms with Gasteiger partial charge in [0.2, 0.25) is 0 Å². The number of nitrogens with two attached hydrogens (primary N) is 1. The number of amides is 1. The molecule has 72 valence electrons. The van der Waals surface area contributed by atoms with Gasteiger partial charge in [0, 0.05) is 27.2 Å². The van der Waals surface area contributed by atoms with E-state index in [4.69, 9.17) is 5.73 Å². The highest BCUT2D eigenvalue weighted by molar-refractivity contribution is 5.80. The first kappa shape index (κ1) is 11.4. The molecule has 2 unspecified atom stereocenters. The fraction of sp³-hybridized carbons (Fsp3) is 0.857. The summed E-state index contributed by atoms with van der Waals surface area (Å²) in [6.45, 7) is 1.59. The fourth-order valence-electron chi connectivity index (χ4n) is 0.613. The first-order valence-corrected chi connectivity index (χ1v) is 3.76. The van der Waals surface area contributed by atoms with Crippen molar-refractivity contribution in [1.29, 1.82) is 0 Å². The lowest BCUT2D eigenvalue weighted by molar-refractivity contribution is -0.151. The molecule has 0 aliphatic heterocycles. The van der Waals surface area contributed by atoms with Crippen molar-refractivity contribution in [2.75, 3.05) is 21.1 Å². The Balaban J connectivity index is 4.19. The first-order valence-electron chi connectivity index (χ1n) is 3.76. The Morgan fingerprint density at radius 3 is 2.08 bits per heavy atom. The van der Waals surface area contributed by atoms with E-state index in [9.17, 15) is 9.90 Å². The van der Waals surface area contributed by atoms with Crippen molar-refractivity contribution in [2.45, 2.75) is 19.1 Å². The molecule has 0 radical (unpaired) electrons.